The molecule has 1 atom stereocenters. The molecule has 1 fully saturated rings. The molecule has 1 aliphatic rings. The Morgan fingerprint density at radius 1 is 1.14 bits per heavy atom. The molecule has 0 saturated carbocycles. The second-order valence-electron chi connectivity index (χ2n) is 5.32. The molecule has 0 radical (unpaired) electrons. The highest BCUT2D eigenvalue weighted by atomic mass is 35.5. The lowest BCUT2D eigenvalue weighted by Crippen LogP contribution is -2.34. The van der Waals surface area contributed by atoms with Crippen molar-refractivity contribution in [2.45, 2.75) is 19.4 Å². The fourth-order valence-electron chi connectivity index (χ4n) is 2.56. The largest absolute Gasteiger partial charge is 0.373 e. The van der Waals surface area contributed by atoms with E-state index in [1.165, 1.54) is 4.90 Å². The Morgan fingerprint density at radius 2 is 1.91 bits per heavy atom. The van der Waals surface area contributed by atoms with Gasteiger partial charge in [-0.15, -0.1) is 0 Å². The van der Waals surface area contributed by atoms with Crippen LogP contribution in [0.3, 0.4) is 0 Å². The van der Waals surface area contributed by atoms with E-state index in [0.29, 0.717) is 10.7 Å². The van der Waals surface area contributed by atoms with Crippen molar-refractivity contribution < 1.29 is 9.59 Å². The number of hydrogen-bond acceptors (Lipinski definition) is 3. The van der Waals surface area contributed by atoms with Crippen LogP contribution in [0.5, 0.6) is 0 Å². The van der Waals surface area contributed by atoms with E-state index in [1.54, 1.807) is 24.3 Å². The number of amides is 2. The molecule has 112 valence electrons. The fourth-order valence-corrected chi connectivity index (χ4v) is 2.75. The number of carbonyl (C=O) groups is 2. The van der Waals surface area contributed by atoms with Gasteiger partial charge < -0.3 is 5.32 Å². The third kappa shape index (κ3) is 2.83. The molecule has 0 spiro atoms. The van der Waals surface area contributed by atoms with Crippen LogP contribution in [0.4, 0.5) is 11.4 Å². The Morgan fingerprint density at radius 3 is 2.64 bits per heavy atom. The molecule has 0 unspecified atom stereocenters. The highest BCUT2D eigenvalue weighted by Crippen LogP contribution is 2.26. The molecule has 2 aromatic rings. The quantitative estimate of drug-likeness (QED) is 0.883. The molecule has 5 heteroatoms. The first-order valence-electron chi connectivity index (χ1n) is 7.00. The van der Waals surface area contributed by atoms with Gasteiger partial charge in [0.25, 0.3) is 5.91 Å². The van der Waals surface area contributed by atoms with Gasteiger partial charge in [0.15, 0.2) is 0 Å². The number of nitrogens with zero attached hydrogens (tertiary/aromatic N) is 1. The van der Waals surface area contributed by atoms with Crippen LogP contribution < -0.4 is 10.2 Å². The Bertz CT molecular complexity index is 745. The summed E-state index contributed by atoms with van der Waals surface area (Å²) in [5.74, 6) is -0.439. The normalized spacial score (nSPS) is 17.9. The van der Waals surface area contributed by atoms with Crippen LogP contribution in [0, 0.1) is 6.92 Å². The first kappa shape index (κ1) is 14.6. The van der Waals surface area contributed by atoms with Crippen LogP contribution in [0.2, 0.25) is 5.02 Å². The molecule has 1 N–H and O–H groups in total. The maximum Gasteiger partial charge on any atom is 0.256 e. The van der Waals surface area contributed by atoms with E-state index >= 15 is 0 Å². The van der Waals surface area contributed by atoms with Crippen LogP contribution in [-0.4, -0.2) is 17.9 Å². The molecular formula is C17H15ClN2O2. The second kappa shape index (κ2) is 5.81. The number of halogens is 1. The molecule has 3 rings (SSSR count). The highest BCUT2D eigenvalue weighted by molar-refractivity contribution is 6.30. The van der Waals surface area contributed by atoms with Crippen molar-refractivity contribution in [1.82, 2.24) is 0 Å². The number of rotatable bonds is 3. The SMILES string of the molecule is Cc1cccc(N2C(=O)C[C@H](Nc3cccc(Cl)c3)C2=O)c1. The van der Waals surface area contributed by atoms with Crippen molar-refractivity contribution >= 4 is 34.8 Å². The van der Waals surface area contributed by atoms with Crippen molar-refractivity contribution in [2.24, 2.45) is 0 Å². The number of anilines is 2. The number of nitrogens with one attached hydrogen (secondary N) is 1. The summed E-state index contributed by atoms with van der Waals surface area (Å²) in [6, 6.07) is 13.9. The van der Waals surface area contributed by atoms with Gasteiger partial charge in [0, 0.05) is 10.7 Å². The van der Waals surface area contributed by atoms with E-state index < -0.39 is 6.04 Å². The summed E-state index contributed by atoms with van der Waals surface area (Å²) in [6.45, 7) is 1.93. The monoisotopic (exact) mass is 314 g/mol. The molecule has 4 nitrogen and oxygen atoms in total. The average Bonchev–Trinajstić information content (AvgIpc) is 2.73. The van der Waals surface area contributed by atoms with E-state index in [2.05, 4.69) is 5.32 Å². The van der Waals surface area contributed by atoms with Gasteiger partial charge in [-0.3, -0.25) is 9.59 Å². The summed E-state index contributed by atoms with van der Waals surface area (Å²) < 4.78 is 0. The van der Waals surface area contributed by atoms with Crippen molar-refractivity contribution in [1.29, 1.82) is 0 Å². The number of aryl methyl sites for hydroxylation is 1. The summed E-state index contributed by atoms with van der Waals surface area (Å²) >= 11 is 5.94. The minimum atomic E-state index is -0.563. The van der Waals surface area contributed by atoms with Crippen LogP contribution in [0.15, 0.2) is 48.5 Å². The molecular weight excluding hydrogens is 300 g/mol. The Balaban J connectivity index is 1.82. The van der Waals surface area contributed by atoms with Gasteiger partial charge >= 0.3 is 0 Å². The van der Waals surface area contributed by atoms with E-state index in [-0.39, 0.29) is 18.2 Å². The smallest absolute Gasteiger partial charge is 0.256 e. The molecule has 1 saturated heterocycles. The van der Waals surface area contributed by atoms with E-state index in [9.17, 15) is 9.59 Å². The molecule has 22 heavy (non-hydrogen) atoms. The molecule has 0 aliphatic carbocycles. The summed E-state index contributed by atoms with van der Waals surface area (Å²) in [7, 11) is 0. The zero-order valence-electron chi connectivity index (χ0n) is 12.0. The fraction of sp³-hybridized carbons (Fsp3) is 0.176. The van der Waals surface area contributed by atoms with Crippen LogP contribution in [0.1, 0.15) is 12.0 Å². The lowest BCUT2D eigenvalue weighted by molar-refractivity contribution is -0.121. The number of imide groups is 1. The topological polar surface area (TPSA) is 49.4 Å². The number of carbonyl (C=O) groups excluding carboxylic acids is 2. The Labute approximate surface area is 133 Å². The van der Waals surface area contributed by atoms with Crippen LogP contribution in [0.25, 0.3) is 0 Å². The predicted molar refractivity (Wildman–Crippen MR) is 87.2 cm³/mol. The van der Waals surface area contributed by atoms with Crippen LogP contribution >= 0.6 is 11.6 Å². The molecule has 2 aromatic carbocycles. The predicted octanol–water partition coefficient (Wildman–Crippen LogP) is 3.39. The standard InChI is InChI=1S/C17H15ClN2O2/c1-11-4-2-7-14(8-11)20-16(21)10-15(17(20)22)19-13-6-3-5-12(18)9-13/h2-9,15,19H,10H2,1H3/t15-/m0/s1. The second-order valence-corrected chi connectivity index (χ2v) is 5.75. The third-order valence-corrected chi connectivity index (χ3v) is 3.81. The Kier molecular flexibility index (Phi) is 3.86. The first-order valence-corrected chi connectivity index (χ1v) is 7.38. The van der Waals surface area contributed by atoms with Gasteiger partial charge in [-0.05, 0) is 42.8 Å². The molecule has 1 aliphatic heterocycles. The summed E-state index contributed by atoms with van der Waals surface area (Å²) in [5.41, 5.74) is 2.35. The summed E-state index contributed by atoms with van der Waals surface area (Å²) in [4.78, 5) is 26.0. The lowest BCUT2D eigenvalue weighted by Gasteiger charge is -2.16. The number of benzene rings is 2. The van der Waals surface area contributed by atoms with Crippen molar-refractivity contribution in [2.75, 3.05) is 10.2 Å². The van der Waals surface area contributed by atoms with Crippen molar-refractivity contribution in [3.63, 3.8) is 0 Å². The first-order chi connectivity index (χ1) is 10.5. The van der Waals surface area contributed by atoms with Gasteiger partial charge in [-0.1, -0.05) is 29.8 Å². The summed E-state index contributed by atoms with van der Waals surface area (Å²) in [5, 5.41) is 3.66. The average molecular weight is 315 g/mol. The van der Waals surface area contributed by atoms with Crippen molar-refractivity contribution in [3.8, 4) is 0 Å². The van der Waals surface area contributed by atoms with E-state index in [0.717, 1.165) is 11.3 Å². The van der Waals surface area contributed by atoms with Gasteiger partial charge in [-0.2, -0.15) is 0 Å². The molecule has 0 aromatic heterocycles. The maximum atomic E-state index is 12.5. The molecule has 1 heterocycles. The third-order valence-electron chi connectivity index (χ3n) is 3.57. The van der Waals surface area contributed by atoms with E-state index in [4.69, 9.17) is 11.6 Å². The minimum absolute atomic E-state index is 0.138. The molecule has 0 bridgehead atoms. The van der Waals surface area contributed by atoms with Crippen molar-refractivity contribution in [3.05, 3.63) is 59.1 Å². The highest BCUT2D eigenvalue weighted by Gasteiger charge is 2.39. The zero-order valence-corrected chi connectivity index (χ0v) is 12.8. The van der Waals surface area contributed by atoms with Crippen LogP contribution in [-0.2, 0) is 9.59 Å². The lowest BCUT2D eigenvalue weighted by atomic mass is 10.2. The van der Waals surface area contributed by atoms with Gasteiger partial charge in [-0.25, -0.2) is 4.90 Å². The zero-order chi connectivity index (χ0) is 15.7. The van der Waals surface area contributed by atoms with E-state index in [1.807, 2.05) is 31.2 Å². The van der Waals surface area contributed by atoms with Gasteiger partial charge in [0.1, 0.15) is 6.04 Å². The summed E-state index contributed by atoms with van der Waals surface area (Å²) in [6.07, 6.45) is 0.138. The maximum absolute atomic E-state index is 12.5. The minimum Gasteiger partial charge on any atom is -0.373 e. The molecule has 2 amide bonds. The van der Waals surface area contributed by atoms with Gasteiger partial charge in [0.2, 0.25) is 5.91 Å². The van der Waals surface area contributed by atoms with Gasteiger partial charge in [0.05, 0.1) is 12.1 Å². The number of hydrogen-bond donors (Lipinski definition) is 1. The Hall–Kier alpha value is -2.33.